The summed E-state index contributed by atoms with van der Waals surface area (Å²) in [7, 11) is 1.62. The number of halogens is 1. The molecule has 3 aromatic rings. The molecule has 1 aliphatic carbocycles. The topological polar surface area (TPSA) is 96.5 Å². The van der Waals surface area contributed by atoms with E-state index in [2.05, 4.69) is 34.3 Å². The number of H-pyrrole nitrogens is 1. The zero-order chi connectivity index (χ0) is 27.4. The van der Waals surface area contributed by atoms with E-state index >= 15 is 0 Å². The number of nitrogens with zero attached hydrogens (tertiary/aromatic N) is 2. The van der Waals surface area contributed by atoms with Crippen LogP contribution in [0.3, 0.4) is 0 Å². The van der Waals surface area contributed by atoms with Crippen LogP contribution in [0.5, 0.6) is 5.75 Å². The molecule has 1 aromatic heterocycles. The summed E-state index contributed by atoms with van der Waals surface area (Å²) >= 11 is 0. The van der Waals surface area contributed by atoms with Gasteiger partial charge in [0.05, 0.1) is 38.8 Å². The molecule has 1 saturated carbocycles. The lowest BCUT2D eigenvalue weighted by molar-refractivity contribution is -0.176. The Morgan fingerprint density at radius 3 is 2.48 bits per heavy atom. The Morgan fingerprint density at radius 1 is 1.12 bits per heavy atom. The number of rotatable bonds is 12. The number of aryl methyl sites for hydroxylation is 3. The average molecular weight is 567 g/mol. The highest BCUT2D eigenvalue weighted by atomic mass is 35.5. The van der Waals surface area contributed by atoms with Crippen LogP contribution in [-0.4, -0.2) is 59.5 Å². The summed E-state index contributed by atoms with van der Waals surface area (Å²) < 4.78 is 11.8. The maximum Gasteiger partial charge on any atom is 0.245 e. The summed E-state index contributed by atoms with van der Waals surface area (Å²) in [5.74, 6) is 1.11. The van der Waals surface area contributed by atoms with Crippen molar-refractivity contribution in [3.8, 4) is 5.75 Å². The quantitative estimate of drug-likeness (QED) is 0.341. The van der Waals surface area contributed by atoms with Crippen LogP contribution in [0.15, 0.2) is 54.9 Å². The fraction of sp³-hybridized carbons (Fsp3) is 0.452. The Labute approximate surface area is 242 Å². The fourth-order valence-corrected chi connectivity index (χ4v) is 5.27. The van der Waals surface area contributed by atoms with Gasteiger partial charge in [0.2, 0.25) is 11.8 Å². The maximum absolute atomic E-state index is 13.8. The molecule has 0 radical (unpaired) electrons. The van der Waals surface area contributed by atoms with E-state index in [4.69, 9.17) is 9.47 Å². The summed E-state index contributed by atoms with van der Waals surface area (Å²) in [6.45, 7) is 5.70. The summed E-state index contributed by atoms with van der Waals surface area (Å²) in [5.41, 5.74) is 4.57. The molecule has 9 heteroatoms. The van der Waals surface area contributed by atoms with E-state index in [1.807, 2.05) is 48.2 Å². The van der Waals surface area contributed by atoms with Crippen molar-refractivity contribution in [1.29, 1.82) is 0 Å². The number of likely N-dealkylation sites (tertiary alicyclic amines) is 1. The summed E-state index contributed by atoms with van der Waals surface area (Å²) in [5, 5.41) is 3.02. The van der Waals surface area contributed by atoms with Gasteiger partial charge in [0.15, 0.2) is 0 Å². The van der Waals surface area contributed by atoms with Gasteiger partial charge in [0.25, 0.3) is 0 Å². The van der Waals surface area contributed by atoms with Gasteiger partial charge in [0.1, 0.15) is 17.4 Å². The first kappa shape index (κ1) is 29.6. The van der Waals surface area contributed by atoms with Crippen molar-refractivity contribution < 1.29 is 19.1 Å². The number of carbonyl (C=O) groups excluding carboxylic acids is 2. The number of aromatic amines is 1. The number of imidazole rings is 1. The highest BCUT2D eigenvalue weighted by Crippen LogP contribution is 2.40. The van der Waals surface area contributed by atoms with Gasteiger partial charge in [-0.1, -0.05) is 36.4 Å². The number of methoxy groups -OCH3 is 1. The minimum absolute atomic E-state index is 0. The van der Waals surface area contributed by atoms with Crippen molar-refractivity contribution in [2.45, 2.75) is 57.6 Å². The van der Waals surface area contributed by atoms with Crippen LogP contribution in [0.2, 0.25) is 0 Å². The van der Waals surface area contributed by atoms with Gasteiger partial charge in [-0.15, -0.1) is 12.4 Å². The number of nitrogens with one attached hydrogen (secondary N) is 2. The van der Waals surface area contributed by atoms with E-state index in [1.165, 1.54) is 12.8 Å². The molecular formula is C31H39ClN4O4. The van der Waals surface area contributed by atoms with Crippen molar-refractivity contribution in [1.82, 2.24) is 20.2 Å². The molecule has 1 aliphatic heterocycles. The predicted molar refractivity (Wildman–Crippen MR) is 156 cm³/mol. The third kappa shape index (κ3) is 6.85. The average Bonchev–Trinajstić information content (AvgIpc) is 3.66. The molecule has 2 aromatic carbocycles. The van der Waals surface area contributed by atoms with E-state index in [0.29, 0.717) is 31.8 Å². The van der Waals surface area contributed by atoms with Gasteiger partial charge in [-0.25, -0.2) is 4.98 Å². The summed E-state index contributed by atoms with van der Waals surface area (Å²) in [6.07, 6.45) is 5.22. The van der Waals surface area contributed by atoms with Crippen molar-refractivity contribution in [3.63, 3.8) is 0 Å². The molecule has 8 nitrogen and oxygen atoms in total. The van der Waals surface area contributed by atoms with Crippen LogP contribution in [0.1, 0.15) is 47.3 Å². The molecule has 0 spiro atoms. The second kappa shape index (κ2) is 12.9. The smallest absolute Gasteiger partial charge is 0.245 e. The van der Waals surface area contributed by atoms with Crippen LogP contribution >= 0.6 is 12.4 Å². The molecule has 1 atom stereocenters. The Morgan fingerprint density at radius 2 is 1.85 bits per heavy atom. The number of hydrogen-bond acceptors (Lipinski definition) is 5. The monoisotopic (exact) mass is 566 g/mol. The zero-order valence-electron chi connectivity index (χ0n) is 23.4. The van der Waals surface area contributed by atoms with Gasteiger partial charge in [-0.3, -0.25) is 9.59 Å². The molecule has 0 bridgehead atoms. The zero-order valence-corrected chi connectivity index (χ0v) is 24.3. The number of amides is 2. The second-order valence-corrected chi connectivity index (χ2v) is 10.9. The summed E-state index contributed by atoms with van der Waals surface area (Å²) in [6, 6.07) is 15.2. The second-order valence-electron chi connectivity index (χ2n) is 10.9. The molecule has 2 N–H and O–H groups in total. The fourth-order valence-electron chi connectivity index (χ4n) is 5.27. The van der Waals surface area contributed by atoms with Gasteiger partial charge < -0.3 is 24.7 Å². The largest absolute Gasteiger partial charge is 0.497 e. The van der Waals surface area contributed by atoms with E-state index in [1.54, 1.807) is 13.4 Å². The Balaban J connectivity index is 0.00000370. The SMILES string of the molecule is COc1ccc(C[C@@H](NC(=O)CCc2nc[nH]c2C)C(=O)N2CC(OCC3CC3)(c3ccccc3C)C2)cc1.Cl. The Kier molecular flexibility index (Phi) is 9.53. The normalized spacial score (nSPS) is 16.4. The Bertz CT molecular complexity index is 1300. The minimum Gasteiger partial charge on any atom is -0.497 e. The third-order valence-corrected chi connectivity index (χ3v) is 7.89. The van der Waals surface area contributed by atoms with E-state index in [-0.39, 0.29) is 30.6 Å². The molecule has 1 saturated heterocycles. The number of hydrogen-bond donors (Lipinski definition) is 2. The molecule has 0 unspecified atom stereocenters. The maximum atomic E-state index is 13.8. The molecule has 40 heavy (non-hydrogen) atoms. The number of carbonyl (C=O) groups is 2. The first-order chi connectivity index (χ1) is 18.9. The molecule has 2 fully saturated rings. The highest BCUT2D eigenvalue weighted by Gasteiger charge is 2.50. The summed E-state index contributed by atoms with van der Waals surface area (Å²) in [4.78, 5) is 36.0. The van der Waals surface area contributed by atoms with E-state index < -0.39 is 11.6 Å². The van der Waals surface area contributed by atoms with Gasteiger partial charge in [-0.05, 0) is 61.4 Å². The first-order valence-corrected chi connectivity index (χ1v) is 13.8. The molecule has 5 rings (SSSR count). The first-order valence-electron chi connectivity index (χ1n) is 13.8. The van der Waals surface area contributed by atoms with E-state index in [0.717, 1.165) is 40.4 Å². The lowest BCUT2D eigenvalue weighted by Crippen LogP contribution is -2.66. The Hall–Kier alpha value is -3.36. The number of aromatic nitrogens is 2. The van der Waals surface area contributed by atoms with Crippen LogP contribution in [0, 0.1) is 19.8 Å². The molecular weight excluding hydrogens is 528 g/mol. The van der Waals surface area contributed by atoms with Crippen molar-refractivity contribution in [2.75, 3.05) is 26.8 Å². The van der Waals surface area contributed by atoms with Crippen molar-refractivity contribution in [2.24, 2.45) is 5.92 Å². The van der Waals surface area contributed by atoms with Crippen LogP contribution < -0.4 is 10.1 Å². The van der Waals surface area contributed by atoms with Gasteiger partial charge >= 0.3 is 0 Å². The van der Waals surface area contributed by atoms with Crippen LogP contribution in [0.4, 0.5) is 0 Å². The predicted octanol–water partition coefficient (Wildman–Crippen LogP) is 4.28. The molecule has 2 heterocycles. The third-order valence-electron chi connectivity index (χ3n) is 7.89. The van der Waals surface area contributed by atoms with E-state index in [9.17, 15) is 9.59 Å². The standard InChI is InChI=1S/C31H38N4O4.ClH/c1-21-6-4-5-7-26(21)31(39-17-24-8-9-24)18-35(19-31)30(37)28(16-23-10-12-25(38-3)13-11-23)34-29(36)15-14-27-22(2)32-20-33-27;/h4-7,10-13,20,24,28H,8-9,14-19H2,1-3H3,(H,32,33)(H,34,36);1H/t28-;/m1./s1. The van der Waals surface area contributed by atoms with Gasteiger partial charge in [0, 0.05) is 25.0 Å². The minimum atomic E-state index is -0.676. The van der Waals surface area contributed by atoms with Gasteiger partial charge in [-0.2, -0.15) is 0 Å². The van der Waals surface area contributed by atoms with Crippen LogP contribution in [-0.2, 0) is 32.8 Å². The van der Waals surface area contributed by atoms with Crippen molar-refractivity contribution in [3.05, 3.63) is 82.9 Å². The van der Waals surface area contributed by atoms with Crippen molar-refractivity contribution >= 4 is 24.2 Å². The number of benzene rings is 2. The molecule has 2 aliphatic rings. The lowest BCUT2D eigenvalue weighted by atomic mass is 9.82. The number of ether oxygens (including phenoxy) is 2. The lowest BCUT2D eigenvalue weighted by Gasteiger charge is -2.51. The molecule has 214 valence electrons. The highest BCUT2D eigenvalue weighted by molar-refractivity contribution is 5.88. The van der Waals surface area contributed by atoms with Crippen LogP contribution in [0.25, 0.3) is 0 Å². The molecule has 2 amide bonds.